The first-order chi connectivity index (χ1) is 15.0. The van der Waals surface area contributed by atoms with Crippen LogP contribution in [0.15, 0.2) is 47.3 Å². The molecule has 0 spiro atoms. The number of nitrogens with one attached hydrogen (secondary N) is 1. The van der Waals surface area contributed by atoms with Crippen LogP contribution in [0.2, 0.25) is 0 Å². The van der Waals surface area contributed by atoms with Crippen molar-refractivity contribution in [3.63, 3.8) is 0 Å². The van der Waals surface area contributed by atoms with Crippen molar-refractivity contribution in [3.05, 3.63) is 74.3 Å². The van der Waals surface area contributed by atoms with Gasteiger partial charge in [-0.2, -0.15) is 0 Å². The Hall–Kier alpha value is -3.75. The highest BCUT2D eigenvalue weighted by Gasteiger charge is 2.25. The zero-order chi connectivity index (χ0) is 22.0. The average molecular weight is 421 g/mol. The van der Waals surface area contributed by atoms with E-state index in [0.717, 1.165) is 25.9 Å². The minimum absolute atomic E-state index is 0.0685. The van der Waals surface area contributed by atoms with Gasteiger partial charge >= 0.3 is 0 Å². The van der Waals surface area contributed by atoms with Gasteiger partial charge in [-0.25, -0.2) is 4.98 Å². The molecule has 160 valence electrons. The maximum absolute atomic E-state index is 13.1. The van der Waals surface area contributed by atoms with E-state index in [1.54, 1.807) is 36.4 Å². The monoisotopic (exact) mass is 421 g/mol. The number of aromatic nitrogens is 2. The lowest BCUT2D eigenvalue weighted by Gasteiger charge is -2.22. The number of nitro benzene ring substituents is 1. The molecule has 0 radical (unpaired) electrons. The highest BCUT2D eigenvalue weighted by Crippen LogP contribution is 2.32. The van der Waals surface area contributed by atoms with E-state index in [1.807, 2.05) is 11.8 Å². The standard InChI is InChI=1S/C22H23N5O4/c1-2-25(14-20-23-17-8-4-3-7-16(17)21(28)24-20)22(29)15-9-10-18(19(13-15)27(30)31)26-11-5-6-12-26/h3-4,7-10,13H,2,5-6,11-12,14H2,1H3,(H,23,24,28). The third-order valence-corrected chi connectivity index (χ3v) is 5.54. The van der Waals surface area contributed by atoms with Crippen LogP contribution in [0.5, 0.6) is 0 Å². The van der Waals surface area contributed by atoms with Gasteiger partial charge in [-0.3, -0.25) is 19.7 Å². The molecule has 0 aliphatic carbocycles. The predicted octanol–water partition coefficient (Wildman–Crippen LogP) is 3.09. The Labute approximate surface area is 178 Å². The first kappa shape index (κ1) is 20.5. The fourth-order valence-corrected chi connectivity index (χ4v) is 3.93. The number of carbonyl (C=O) groups excluding carboxylic acids is 1. The molecule has 3 aromatic rings. The number of hydrogen-bond donors (Lipinski definition) is 1. The van der Waals surface area contributed by atoms with Crippen LogP contribution in [0, 0.1) is 10.1 Å². The molecule has 0 saturated carbocycles. The molecule has 0 unspecified atom stereocenters. The van der Waals surface area contributed by atoms with E-state index >= 15 is 0 Å². The van der Waals surface area contributed by atoms with Gasteiger partial charge in [0.2, 0.25) is 0 Å². The normalized spacial score (nSPS) is 13.5. The van der Waals surface area contributed by atoms with Gasteiger partial charge in [0.15, 0.2) is 0 Å². The Balaban J connectivity index is 1.62. The van der Waals surface area contributed by atoms with E-state index in [-0.39, 0.29) is 29.3 Å². The summed E-state index contributed by atoms with van der Waals surface area (Å²) in [5.41, 5.74) is 0.994. The van der Waals surface area contributed by atoms with Gasteiger partial charge in [0.1, 0.15) is 11.5 Å². The molecule has 1 aromatic heterocycles. The van der Waals surface area contributed by atoms with E-state index in [4.69, 9.17) is 0 Å². The predicted molar refractivity (Wildman–Crippen MR) is 117 cm³/mol. The molecule has 9 nitrogen and oxygen atoms in total. The van der Waals surface area contributed by atoms with Crippen molar-refractivity contribution in [1.82, 2.24) is 14.9 Å². The Morgan fingerprint density at radius 3 is 2.68 bits per heavy atom. The van der Waals surface area contributed by atoms with Gasteiger partial charge in [-0.05, 0) is 44.0 Å². The van der Waals surface area contributed by atoms with Gasteiger partial charge < -0.3 is 14.8 Å². The number of fused-ring (bicyclic) bond motifs is 1. The second-order valence-corrected chi connectivity index (χ2v) is 7.50. The number of nitro groups is 1. The summed E-state index contributed by atoms with van der Waals surface area (Å²) >= 11 is 0. The second kappa shape index (κ2) is 8.55. The molecule has 9 heteroatoms. The smallest absolute Gasteiger partial charge is 0.293 e. The average Bonchev–Trinajstić information content (AvgIpc) is 3.31. The molecule has 2 heterocycles. The third-order valence-electron chi connectivity index (χ3n) is 5.54. The molecule has 1 amide bonds. The number of benzene rings is 2. The van der Waals surface area contributed by atoms with Gasteiger partial charge in [-0.1, -0.05) is 12.1 Å². The molecular weight excluding hydrogens is 398 g/mol. The zero-order valence-electron chi connectivity index (χ0n) is 17.2. The van der Waals surface area contributed by atoms with E-state index in [9.17, 15) is 19.7 Å². The number of H-pyrrole nitrogens is 1. The third kappa shape index (κ3) is 4.11. The number of anilines is 1. The van der Waals surface area contributed by atoms with Crippen molar-refractivity contribution in [2.24, 2.45) is 0 Å². The fourth-order valence-electron chi connectivity index (χ4n) is 3.93. The van der Waals surface area contributed by atoms with Crippen molar-refractivity contribution in [2.75, 3.05) is 24.5 Å². The SMILES string of the molecule is CCN(Cc1nc2ccccc2c(=O)[nH]1)C(=O)c1ccc(N2CCCC2)c([N+](=O)[O-])c1. The Kier molecular flexibility index (Phi) is 5.66. The van der Waals surface area contributed by atoms with E-state index in [0.29, 0.717) is 29.0 Å². The molecular formula is C22H23N5O4. The minimum atomic E-state index is -0.441. The van der Waals surface area contributed by atoms with Crippen molar-refractivity contribution >= 4 is 28.2 Å². The maximum atomic E-state index is 13.1. The lowest BCUT2D eigenvalue weighted by Crippen LogP contribution is -2.32. The number of para-hydroxylation sites is 1. The van der Waals surface area contributed by atoms with Crippen LogP contribution < -0.4 is 10.5 Å². The van der Waals surface area contributed by atoms with Gasteiger partial charge in [0.05, 0.1) is 22.4 Å². The lowest BCUT2D eigenvalue weighted by molar-refractivity contribution is -0.384. The van der Waals surface area contributed by atoms with E-state index < -0.39 is 4.92 Å². The summed E-state index contributed by atoms with van der Waals surface area (Å²) in [6.07, 6.45) is 2.00. The summed E-state index contributed by atoms with van der Waals surface area (Å²) in [7, 11) is 0. The fraction of sp³-hybridized carbons (Fsp3) is 0.318. The lowest BCUT2D eigenvalue weighted by atomic mass is 10.1. The Bertz CT molecular complexity index is 1200. The highest BCUT2D eigenvalue weighted by molar-refractivity contribution is 5.95. The quantitative estimate of drug-likeness (QED) is 0.483. The largest absolute Gasteiger partial charge is 0.366 e. The first-order valence-corrected chi connectivity index (χ1v) is 10.3. The van der Waals surface area contributed by atoms with Crippen molar-refractivity contribution in [1.29, 1.82) is 0 Å². The number of amides is 1. The highest BCUT2D eigenvalue weighted by atomic mass is 16.6. The van der Waals surface area contributed by atoms with Crippen LogP contribution in [0.3, 0.4) is 0 Å². The molecule has 1 saturated heterocycles. The van der Waals surface area contributed by atoms with Crippen LogP contribution in [-0.4, -0.2) is 45.3 Å². The van der Waals surface area contributed by atoms with Crippen molar-refractivity contribution in [3.8, 4) is 0 Å². The van der Waals surface area contributed by atoms with Gasteiger partial charge in [0.25, 0.3) is 17.2 Å². The van der Waals surface area contributed by atoms with E-state index in [2.05, 4.69) is 9.97 Å². The van der Waals surface area contributed by atoms with E-state index in [1.165, 1.54) is 11.0 Å². The first-order valence-electron chi connectivity index (χ1n) is 10.3. The second-order valence-electron chi connectivity index (χ2n) is 7.50. The van der Waals surface area contributed by atoms with Crippen LogP contribution in [-0.2, 0) is 6.54 Å². The van der Waals surface area contributed by atoms with Gasteiger partial charge in [-0.15, -0.1) is 0 Å². The zero-order valence-corrected chi connectivity index (χ0v) is 17.2. The van der Waals surface area contributed by atoms with Crippen molar-refractivity contribution < 1.29 is 9.72 Å². The molecule has 1 aliphatic rings. The molecule has 1 fully saturated rings. The minimum Gasteiger partial charge on any atom is -0.366 e. The van der Waals surface area contributed by atoms with Crippen LogP contribution in [0.25, 0.3) is 10.9 Å². The molecule has 0 bridgehead atoms. The summed E-state index contributed by atoms with van der Waals surface area (Å²) in [4.78, 5) is 47.3. The number of aromatic amines is 1. The number of nitrogens with zero attached hydrogens (tertiary/aromatic N) is 4. The Morgan fingerprint density at radius 2 is 1.97 bits per heavy atom. The summed E-state index contributed by atoms with van der Waals surface area (Å²) in [6.45, 7) is 3.81. The molecule has 1 N–H and O–H groups in total. The molecule has 2 aromatic carbocycles. The number of carbonyl (C=O) groups is 1. The summed E-state index contributed by atoms with van der Waals surface area (Å²) in [6, 6.07) is 11.6. The molecule has 31 heavy (non-hydrogen) atoms. The molecule has 4 rings (SSSR count). The van der Waals surface area contributed by atoms with Gasteiger partial charge in [0, 0.05) is 31.3 Å². The Morgan fingerprint density at radius 1 is 1.23 bits per heavy atom. The topological polar surface area (TPSA) is 112 Å². The van der Waals surface area contributed by atoms with Crippen LogP contribution >= 0.6 is 0 Å². The summed E-state index contributed by atoms with van der Waals surface area (Å²) in [5.74, 6) is 0.0106. The summed E-state index contributed by atoms with van der Waals surface area (Å²) < 4.78 is 0. The number of rotatable bonds is 6. The molecule has 0 atom stereocenters. The van der Waals surface area contributed by atoms with Crippen LogP contribution in [0.4, 0.5) is 11.4 Å². The van der Waals surface area contributed by atoms with Crippen molar-refractivity contribution in [2.45, 2.75) is 26.3 Å². The summed E-state index contributed by atoms with van der Waals surface area (Å²) in [5, 5.41) is 12.1. The van der Waals surface area contributed by atoms with Crippen LogP contribution in [0.1, 0.15) is 35.9 Å². The number of hydrogen-bond acceptors (Lipinski definition) is 6. The maximum Gasteiger partial charge on any atom is 0.293 e. The molecule has 1 aliphatic heterocycles.